The predicted molar refractivity (Wildman–Crippen MR) is 118 cm³/mol. The van der Waals surface area contributed by atoms with Gasteiger partial charge in [-0.3, -0.25) is 9.69 Å². The molecule has 0 spiro atoms. The lowest BCUT2D eigenvalue weighted by atomic mass is 10.1. The zero-order valence-corrected chi connectivity index (χ0v) is 17.8. The fourth-order valence-corrected chi connectivity index (χ4v) is 4.51. The summed E-state index contributed by atoms with van der Waals surface area (Å²) in [4.78, 5) is 30.0. The largest absolute Gasteiger partial charge is 0.369 e. The van der Waals surface area contributed by atoms with Gasteiger partial charge in [0.05, 0.1) is 5.52 Å². The maximum Gasteiger partial charge on any atom is 0.222 e. The molecule has 1 aromatic heterocycles. The van der Waals surface area contributed by atoms with Crippen LogP contribution in [0.3, 0.4) is 0 Å². The van der Waals surface area contributed by atoms with Gasteiger partial charge in [0.15, 0.2) is 0 Å². The first-order valence-corrected chi connectivity index (χ1v) is 10.7. The molecule has 3 heterocycles. The minimum absolute atomic E-state index is 0.307. The first kappa shape index (κ1) is 19.9. The quantitative estimate of drug-likeness (QED) is 0.790. The molecule has 1 unspecified atom stereocenters. The first-order valence-electron chi connectivity index (χ1n) is 10.7. The Morgan fingerprint density at radius 1 is 1.10 bits per heavy atom. The monoisotopic (exact) mass is 396 g/mol. The highest BCUT2D eigenvalue weighted by Gasteiger charge is 2.26. The Morgan fingerprint density at radius 3 is 2.66 bits per heavy atom. The highest BCUT2D eigenvalue weighted by Crippen LogP contribution is 2.27. The fourth-order valence-electron chi connectivity index (χ4n) is 4.51. The molecule has 0 aliphatic carbocycles. The number of hydrogen-bond donors (Lipinski definition) is 0. The summed E-state index contributed by atoms with van der Waals surface area (Å²) in [5, 5.41) is 1.09. The number of likely N-dealkylation sites (tertiary alicyclic amines) is 1. The molecule has 2 saturated heterocycles. The SMILES string of the molecule is CN(C)c1ncnc2ccc(N3CCN(CC4CCCCC(=O)N4C)CC3)cc12. The number of aromatic nitrogens is 2. The van der Waals surface area contributed by atoms with Gasteiger partial charge < -0.3 is 14.7 Å². The summed E-state index contributed by atoms with van der Waals surface area (Å²) < 4.78 is 0. The number of benzene rings is 1. The highest BCUT2D eigenvalue weighted by molar-refractivity contribution is 5.91. The zero-order chi connectivity index (χ0) is 20.4. The van der Waals surface area contributed by atoms with Gasteiger partial charge in [-0.15, -0.1) is 0 Å². The van der Waals surface area contributed by atoms with Gasteiger partial charge >= 0.3 is 0 Å². The zero-order valence-electron chi connectivity index (χ0n) is 17.8. The molecular formula is C22H32N6O. The maximum atomic E-state index is 12.2. The summed E-state index contributed by atoms with van der Waals surface area (Å²) in [6, 6.07) is 6.84. The van der Waals surface area contributed by atoms with Crippen LogP contribution in [-0.4, -0.2) is 85.6 Å². The molecule has 2 aliphatic rings. The third-order valence-corrected chi connectivity index (χ3v) is 6.35. The van der Waals surface area contributed by atoms with Crippen molar-refractivity contribution in [3.8, 4) is 0 Å². The van der Waals surface area contributed by atoms with E-state index in [2.05, 4.69) is 38.0 Å². The predicted octanol–water partition coefficient (Wildman–Crippen LogP) is 2.22. The molecule has 0 bridgehead atoms. The molecule has 29 heavy (non-hydrogen) atoms. The van der Waals surface area contributed by atoms with Gasteiger partial charge in [-0.05, 0) is 31.0 Å². The van der Waals surface area contributed by atoms with Crippen LogP contribution < -0.4 is 9.80 Å². The van der Waals surface area contributed by atoms with Crippen LogP contribution in [0.25, 0.3) is 10.9 Å². The van der Waals surface area contributed by atoms with E-state index in [0.29, 0.717) is 18.4 Å². The average Bonchev–Trinajstić information content (AvgIpc) is 2.89. The van der Waals surface area contributed by atoms with E-state index in [9.17, 15) is 4.79 Å². The molecule has 0 radical (unpaired) electrons. The first-order chi connectivity index (χ1) is 14.0. The molecule has 0 N–H and O–H groups in total. The van der Waals surface area contributed by atoms with Crippen molar-refractivity contribution in [1.29, 1.82) is 0 Å². The number of anilines is 2. The van der Waals surface area contributed by atoms with E-state index in [-0.39, 0.29) is 0 Å². The number of carbonyl (C=O) groups is 1. The van der Waals surface area contributed by atoms with Gasteiger partial charge in [-0.2, -0.15) is 0 Å². The Labute approximate surface area is 173 Å². The molecule has 1 atom stereocenters. The number of likely N-dealkylation sites (N-methyl/N-ethyl adjacent to an activating group) is 1. The lowest BCUT2D eigenvalue weighted by Crippen LogP contribution is -2.51. The van der Waals surface area contributed by atoms with E-state index in [1.807, 2.05) is 30.9 Å². The minimum atomic E-state index is 0.307. The summed E-state index contributed by atoms with van der Waals surface area (Å²) in [7, 11) is 6.01. The number of carbonyl (C=O) groups excluding carboxylic acids is 1. The van der Waals surface area contributed by atoms with E-state index in [4.69, 9.17) is 0 Å². The van der Waals surface area contributed by atoms with Gasteiger partial charge in [0.2, 0.25) is 5.91 Å². The van der Waals surface area contributed by atoms with Crippen LogP contribution in [0.4, 0.5) is 11.5 Å². The molecule has 0 saturated carbocycles. The van der Waals surface area contributed by atoms with E-state index in [1.54, 1.807) is 6.33 Å². The summed E-state index contributed by atoms with van der Waals surface area (Å²) >= 11 is 0. The second kappa shape index (κ2) is 8.53. The normalized spacial score (nSPS) is 21.5. The Hall–Kier alpha value is -2.41. The van der Waals surface area contributed by atoms with Crippen molar-refractivity contribution in [1.82, 2.24) is 19.8 Å². The van der Waals surface area contributed by atoms with E-state index in [0.717, 1.165) is 68.7 Å². The molecule has 156 valence electrons. The highest BCUT2D eigenvalue weighted by atomic mass is 16.2. The number of amides is 1. The summed E-state index contributed by atoms with van der Waals surface area (Å²) in [5.41, 5.74) is 2.21. The average molecular weight is 397 g/mol. The number of piperazine rings is 1. The van der Waals surface area contributed by atoms with Crippen molar-refractivity contribution in [2.75, 3.05) is 63.7 Å². The molecule has 1 aromatic carbocycles. The standard InChI is InChI=1S/C22H32N6O/c1-25(2)22-19-14-17(8-9-20(19)23-16-24-22)28-12-10-27(11-13-28)15-18-6-4-5-7-21(29)26(18)3/h8-9,14,16,18H,4-7,10-13,15H2,1-3H3. The third-order valence-electron chi connectivity index (χ3n) is 6.35. The van der Waals surface area contributed by atoms with Crippen LogP contribution in [-0.2, 0) is 4.79 Å². The number of nitrogens with zero attached hydrogens (tertiary/aromatic N) is 6. The second-order valence-corrected chi connectivity index (χ2v) is 8.49. The molecule has 7 nitrogen and oxygen atoms in total. The summed E-state index contributed by atoms with van der Waals surface area (Å²) in [5.74, 6) is 1.26. The van der Waals surface area contributed by atoms with Crippen molar-refractivity contribution in [2.45, 2.75) is 31.7 Å². The van der Waals surface area contributed by atoms with E-state index in [1.165, 1.54) is 5.69 Å². The van der Waals surface area contributed by atoms with Gasteiger partial charge in [0, 0.05) is 77.4 Å². The Balaban J connectivity index is 1.42. The van der Waals surface area contributed by atoms with Crippen molar-refractivity contribution in [3.05, 3.63) is 24.5 Å². The Kier molecular flexibility index (Phi) is 5.85. The van der Waals surface area contributed by atoms with Crippen molar-refractivity contribution in [3.63, 3.8) is 0 Å². The number of fused-ring (bicyclic) bond motifs is 1. The summed E-state index contributed by atoms with van der Waals surface area (Å²) in [6.07, 6.45) is 5.66. The van der Waals surface area contributed by atoms with Crippen molar-refractivity contribution >= 4 is 28.3 Å². The van der Waals surface area contributed by atoms with Gasteiger partial charge in [0.25, 0.3) is 0 Å². The topological polar surface area (TPSA) is 55.8 Å². The molecule has 2 aliphatic heterocycles. The van der Waals surface area contributed by atoms with Crippen LogP contribution in [0.2, 0.25) is 0 Å². The fraction of sp³-hybridized carbons (Fsp3) is 0.591. The van der Waals surface area contributed by atoms with Crippen LogP contribution in [0, 0.1) is 0 Å². The molecule has 2 aromatic rings. The van der Waals surface area contributed by atoms with Gasteiger partial charge in [0.1, 0.15) is 12.1 Å². The van der Waals surface area contributed by atoms with Crippen molar-refractivity contribution in [2.24, 2.45) is 0 Å². The maximum absolute atomic E-state index is 12.2. The molecule has 4 rings (SSSR count). The minimum Gasteiger partial charge on any atom is -0.369 e. The van der Waals surface area contributed by atoms with E-state index >= 15 is 0 Å². The molecule has 1 amide bonds. The smallest absolute Gasteiger partial charge is 0.222 e. The van der Waals surface area contributed by atoms with Crippen molar-refractivity contribution < 1.29 is 4.79 Å². The van der Waals surface area contributed by atoms with Crippen LogP contribution in [0.15, 0.2) is 24.5 Å². The second-order valence-electron chi connectivity index (χ2n) is 8.49. The number of hydrogen-bond acceptors (Lipinski definition) is 6. The van der Waals surface area contributed by atoms with Crippen LogP contribution in [0.5, 0.6) is 0 Å². The molecule has 7 heteroatoms. The summed E-state index contributed by atoms with van der Waals surface area (Å²) in [6.45, 7) is 5.05. The lowest BCUT2D eigenvalue weighted by molar-refractivity contribution is -0.131. The number of rotatable bonds is 4. The van der Waals surface area contributed by atoms with Gasteiger partial charge in [-0.25, -0.2) is 9.97 Å². The Bertz CT molecular complexity index is 862. The lowest BCUT2D eigenvalue weighted by Gasteiger charge is -2.39. The Morgan fingerprint density at radius 2 is 1.90 bits per heavy atom. The molecular weight excluding hydrogens is 364 g/mol. The molecule has 2 fully saturated rings. The van der Waals surface area contributed by atoms with Crippen LogP contribution in [0.1, 0.15) is 25.7 Å². The van der Waals surface area contributed by atoms with Gasteiger partial charge in [-0.1, -0.05) is 6.42 Å². The van der Waals surface area contributed by atoms with Crippen LogP contribution >= 0.6 is 0 Å². The van der Waals surface area contributed by atoms with E-state index < -0.39 is 0 Å². The third kappa shape index (κ3) is 4.29.